The lowest BCUT2D eigenvalue weighted by molar-refractivity contribution is 0.103. The number of anilines is 2. The van der Waals surface area contributed by atoms with Crippen LogP contribution in [-0.4, -0.2) is 46.0 Å². The Morgan fingerprint density at radius 1 is 1.00 bits per heavy atom. The van der Waals surface area contributed by atoms with Gasteiger partial charge in [-0.2, -0.15) is 13.5 Å². The van der Waals surface area contributed by atoms with Gasteiger partial charge in [-0.15, -0.1) is 0 Å². The quantitative estimate of drug-likeness (QED) is 0.177. The fourth-order valence-corrected chi connectivity index (χ4v) is 5.59. The molecule has 0 aliphatic carbocycles. The Morgan fingerprint density at radius 2 is 1.76 bits per heavy atom. The number of fused-ring (bicyclic) bond motifs is 1. The zero-order valence-corrected chi connectivity index (χ0v) is 24.7. The minimum atomic E-state index is -4.28. The van der Waals surface area contributed by atoms with Crippen LogP contribution in [0.4, 0.5) is 24.7 Å². The van der Waals surface area contributed by atoms with Gasteiger partial charge in [-0.3, -0.25) is 9.52 Å². The highest BCUT2D eigenvalue weighted by atomic mass is 32.2. The van der Waals surface area contributed by atoms with E-state index in [1.165, 1.54) is 66.8 Å². The van der Waals surface area contributed by atoms with Crippen molar-refractivity contribution in [3.63, 3.8) is 0 Å². The number of rotatable bonds is 9. The topological polar surface area (TPSA) is 167 Å². The van der Waals surface area contributed by atoms with Crippen LogP contribution in [0.15, 0.2) is 78.2 Å². The van der Waals surface area contributed by atoms with Gasteiger partial charge in [-0.25, -0.2) is 27.8 Å². The summed E-state index contributed by atoms with van der Waals surface area (Å²) in [6.45, 7) is 1.66. The molecule has 16 heteroatoms. The van der Waals surface area contributed by atoms with Crippen molar-refractivity contribution >= 4 is 38.2 Å². The summed E-state index contributed by atoms with van der Waals surface area (Å²) >= 11 is 0. The molecule has 6 aromatic rings. The summed E-state index contributed by atoms with van der Waals surface area (Å²) in [5.41, 5.74) is 7.07. The average Bonchev–Trinajstić information content (AvgIpc) is 3.61. The number of ether oxygens (including phenoxy) is 2. The van der Waals surface area contributed by atoms with E-state index in [4.69, 9.17) is 15.2 Å². The summed E-state index contributed by atoms with van der Waals surface area (Å²) in [6, 6.07) is 11.0. The predicted octanol–water partition coefficient (Wildman–Crippen LogP) is 5.28. The minimum absolute atomic E-state index is 0.00482. The molecule has 0 saturated heterocycles. The maximum Gasteiger partial charge on any atom is 0.279 e. The molecule has 0 saturated carbocycles. The van der Waals surface area contributed by atoms with Gasteiger partial charge < -0.3 is 20.2 Å². The number of hydrogen-bond donors (Lipinski definition) is 3. The van der Waals surface area contributed by atoms with Crippen molar-refractivity contribution in [2.75, 3.05) is 17.6 Å². The van der Waals surface area contributed by atoms with Crippen LogP contribution in [0, 0.1) is 24.4 Å². The third kappa shape index (κ3) is 5.56. The van der Waals surface area contributed by atoms with E-state index in [0.29, 0.717) is 11.3 Å². The number of carbonyl (C=O) groups is 1. The van der Waals surface area contributed by atoms with E-state index in [2.05, 4.69) is 24.8 Å². The number of nitrogens with two attached hydrogens (primary N) is 1. The number of aryl methyl sites for hydroxylation is 1. The molecule has 0 bridgehead atoms. The van der Waals surface area contributed by atoms with Crippen molar-refractivity contribution in [2.24, 2.45) is 0 Å². The number of nitrogens with one attached hydrogen (secondary N) is 2. The van der Waals surface area contributed by atoms with E-state index in [1.807, 2.05) is 0 Å². The largest absolute Gasteiger partial charge is 0.497 e. The molecule has 12 nitrogen and oxygen atoms in total. The zero-order valence-electron chi connectivity index (χ0n) is 23.9. The first-order valence-electron chi connectivity index (χ1n) is 13.3. The van der Waals surface area contributed by atoms with Gasteiger partial charge in [0.05, 0.1) is 42.1 Å². The van der Waals surface area contributed by atoms with Crippen LogP contribution in [-0.2, 0) is 10.0 Å². The van der Waals surface area contributed by atoms with Gasteiger partial charge in [0.25, 0.3) is 10.0 Å². The van der Waals surface area contributed by atoms with Crippen LogP contribution in [0.3, 0.4) is 0 Å². The Bertz CT molecular complexity index is 2250. The van der Waals surface area contributed by atoms with Gasteiger partial charge in [0.1, 0.15) is 17.4 Å². The molecule has 0 radical (unpaired) electrons. The molecule has 0 atom stereocenters. The van der Waals surface area contributed by atoms with Gasteiger partial charge >= 0.3 is 0 Å². The number of nitrogens with zero attached hydrogens (tertiary/aromatic N) is 4. The molecule has 0 fully saturated rings. The second-order valence-corrected chi connectivity index (χ2v) is 11.5. The van der Waals surface area contributed by atoms with Crippen molar-refractivity contribution in [3.05, 3.63) is 107 Å². The average molecular weight is 650 g/mol. The van der Waals surface area contributed by atoms with Gasteiger partial charge in [0, 0.05) is 29.2 Å². The molecule has 2 aromatic carbocycles. The number of hydrogen-bond acceptors (Lipinski definition) is 9. The van der Waals surface area contributed by atoms with Crippen molar-refractivity contribution in [1.82, 2.24) is 24.7 Å². The molecule has 46 heavy (non-hydrogen) atoms. The third-order valence-electron chi connectivity index (χ3n) is 6.88. The number of aromatic nitrogens is 5. The molecule has 0 spiro atoms. The Balaban J connectivity index is 1.25. The lowest BCUT2D eigenvalue weighted by atomic mass is 10.1. The molecule has 0 unspecified atom stereocenters. The van der Waals surface area contributed by atoms with Crippen LogP contribution < -0.4 is 19.9 Å². The Labute approximate surface area is 258 Å². The number of ketones is 1. The summed E-state index contributed by atoms with van der Waals surface area (Å²) < 4.78 is 82.4. The fourth-order valence-electron chi connectivity index (χ4n) is 4.57. The second-order valence-electron chi connectivity index (χ2n) is 9.89. The Hall–Kier alpha value is -5.90. The molecule has 0 aliphatic heterocycles. The predicted molar refractivity (Wildman–Crippen MR) is 160 cm³/mol. The molecule has 4 N–H and O–H groups in total. The van der Waals surface area contributed by atoms with Crippen molar-refractivity contribution in [1.29, 1.82) is 0 Å². The number of benzene rings is 2. The number of nitrogen functional groups attached to an aromatic ring is 1. The summed E-state index contributed by atoms with van der Waals surface area (Å²) in [4.78, 5) is 24.2. The first-order valence-corrected chi connectivity index (χ1v) is 14.8. The smallest absolute Gasteiger partial charge is 0.279 e. The van der Waals surface area contributed by atoms with Crippen LogP contribution >= 0.6 is 0 Å². The highest BCUT2D eigenvalue weighted by Crippen LogP contribution is 2.30. The molecular formula is C30H22F3N7O5S. The summed E-state index contributed by atoms with van der Waals surface area (Å²) in [5.74, 6) is -3.76. The lowest BCUT2D eigenvalue weighted by Crippen LogP contribution is -2.15. The highest BCUT2D eigenvalue weighted by molar-refractivity contribution is 7.92. The number of halogens is 3. The first-order chi connectivity index (χ1) is 21.9. The van der Waals surface area contributed by atoms with E-state index >= 15 is 0 Å². The minimum Gasteiger partial charge on any atom is -0.497 e. The van der Waals surface area contributed by atoms with Gasteiger partial charge in [-0.05, 0) is 48.9 Å². The van der Waals surface area contributed by atoms with E-state index in [1.54, 1.807) is 6.92 Å². The molecular weight excluding hydrogens is 627 g/mol. The van der Waals surface area contributed by atoms with E-state index in [-0.39, 0.29) is 50.3 Å². The van der Waals surface area contributed by atoms with Crippen molar-refractivity contribution in [2.45, 2.75) is 11.9 Å². The van der Waals surface area contributed by atoms with Gasteiger partial charge in [0.15, 0.2) is 16.7 Å². The number of methoxy groups -OCH3 is 1. The molecule has 4 aromatic heterocycles. The van der Waals surface area contributed by atoms with Gasteiger partial charge in [0.2, 0.25) is 17.4 Å². The van der Waals surface area contributed by atoms with Crippen LogP contribution in [0.1, 0.15) is 21.6 Å². The fraction of sp³-hybridized carbons (Fsp3) is 0.0667. The standard InChI is InChI=1S/C30H22F3N7O5S/c1-15-8-26(45-29-19(31)4-3-5-20(29)32)36-14-25(15)40-30(34)18(13-37-40)28(41)24-10-16-9-21(33)23(12-22(16)38-24)39-46(42,43)27-11-17(44-2)6-7-35-27/h3-14,38-39H,34H2,1-2H3. The monoisotopic (exact) mass is 649 g/mol. The molecule has 0 amide bonds. The van der Waals surface area contributed by atoms with Crippen molar-refractivity contribution < 1.29 is 35.9 Å². The normalized spacial score (nSPS) is 11.5. The summed E-state index contributed by atoms with van der Waals surface area (Å²) in [6.07, 6.45) is 3.79. The Kier molecular flexibility index (Phi) is 7.57. The number of carbonyl (C=O) groups excluding carboxylic acids is 1. The van der Waals surface area contributed by atoms with E-state index in [9.17, 15) is 26.4 Å². The van der Waals surface area contributed by atoms with Crippen LogP contribution in [0.2, 0.25) is 0 Å². The Morgan fingerprint density at radius 3 is 2.48 bits per heavy atom. The van der Waals surface area contributed by atoms with Gasteiger partial charge in [-0.1, -0.05) is 6.07 Å². The van der Waals surface area contributed by atoms with E-state index in [0.717, 1.165) is 18.2 Å². The molecule has 0 aliphatic rings. The maximum absolute atomic E-state index is 15.0. The number of aromatic amines is 1. The number of para-hydroxylation sites is 1. The third-order valence-corrected chi connectivity index (χ3v) is 8.14. The lowest BCUT2D eigenvalue weighted by Gasteiger charge is -2.11. The number of sulfonamides is 1. The molecule has 234 valence electrons. The zero-order chi connectivity index (χ0) is 32.7. The van der Waals surface area contributed by atoms with Crippen LogP contribution in [0.5, 0.6) is 17.4 Å². The highest BCUT2D eigenvalue weighted by Gasteiger charge is 2.23. The maximum atomic E-state index is 15.0. The molecule has 6 rings (SSSR count). The number of pyridine rings is 2. The number of H-pyrrole nitrogens is 1. The second kappa shape index (κ2) is 11.6. The van der Waals surface area contributed by atoms with Crippen LogP contribution in [0.25, 0.3) is 16.6 Å². The van der Waals surface area contributed by atoms with E-state index < -0.39 is 39.0 Å². The SMILES string of the molecule is COc1ccnc(S(=O)(=O)Nc2cc3[nH]c(C(=O)c4cnn(-c5cnc(Oc6c(F)cccc6F)cc5C)c4N)cc3cc2F)c1. The first kappa shape index (κ1) is 30.1. The summed E-state index contributed by atoms with van der Waals surface area (Å²) in [7, 11) is -2.92. The molecule has 4 heterocycles. The summed E-state index contributed by atoms with van der Waals surface area (Å²) in [5, 5.41) is 4.11. The van der Waals surface area contributed by atoms with Crippen molar-refractivity contribution in [3.8, 4) is 23.1 Å².